The lowest BCUT2D eigenvalue weighted by molar-refractivity contribution is -0.126. The van der Waals surface area contributed by atoms with E-state index in [9.17, 15) is 4.79 Å². The van der Waals surface area contributed by atoms with Crippen LogP contribution in [-0.2, 0) is 23.2 Å². The SMILES string of the molecule is CC(C)(C)c1nnc2n1CC(C(=O)NC1CC1)CC2. The van der Waals surface area contributed by atoms with Gasteiger partial charge in [-0.3, -0.25) is 4.79 Å². The summed E-state index contributed by atoms with van der Waals surface area (Å²) >= 11 is 0. The first-order valence-electron chi connectivity index (χ1n) is 7.18. The molecule has 0 bridgehead atoms. The van der Waals surface area contributed by atoms with E-state index in [2.05, 4.69) is 40.9 Å². The van der Waals surface area contributed by atoms with E-state index in [1.807, 2.05) is 0 Å². The molecule has 1 atom stereocenters. The van der Waals surface area contributed by atoms with Crippen molar-refractivity contribution in [3.05, 3.63) is 11.6 Å². The predicted octanol–water partition coefficient (Wildman–Crippen LogP) is 1.42. The van der Waals surface area contributed by atoms with Crippen molar-refractivity contribution in [3.63, 3.8) is 0 Å². The standard InChI is InChI=1S/C14H22N4O/c1-14(2,3)13-17-16-11-7-4-9(8-18(11)13)12(19)15-10-5-6-10/h9-10H,4-8H2,1-3H3,(H,15,19). The zero-order valence-electron chi connectivity index (χ0n) is 11.9. The van der Waals surface area contributed by atoms with E-state index in [4.69, 9.17) is 0 Å². The van der Waals surface area contributed by atoms with Gasteiger partial charge in [0.2, 0.25) is 5.91 Å². The predicted molar refractivity (Wildman–Crippen MR) is 71.7 cm³/mol. The molecular weight excluding hydrogens is 240 g/mol. The molecule has 0 saturated heterocycles. The third-order valence-electron chi connectivity index (χ3n) is 3.91. The Hall–Kier alpha value is -1.39. The monoisotopic (exact) mass is 262 g/mol. The van der Waals surface area contributed by atoms with E-state index in [1.165, 1.54) is 0 Å². The lowest BCUT2D eigenvalue weighted by atomic mass is 9.93. The van der Waals surface area contributed by atoms with E-state index in [1.54, 1.807) is 0 Å². The van der Waals surface area contributed by atoms with Crippen LogP contribution in [0.1, 0.15) is 51.7 Å². The molecule has 1 aromatic rings. The average Bonchev–Trinajstić information content (AvgIpc) is 3.04. The average molecular weight is 262 g/mol. The molecule has 19 heavy (non-hydrogen) atoms. The summed E-state index contributed by atoms with van der Waals surface area (Å²) in [7, 11) is 0. The number of aromatic nitrogens is 3. The van der Waals surface area contributed by atoms with Crippen molar-refractivity contribution in [2.45, 2.75) is 64.5 Å². The van der Waals surface area contributed by atoms with Gasteiger partial charge in [0.05, 0.1) is 5.92 Å². The molecule has 1 fully saturated rings. The first-order chi connectivity index (χ1) is 8.95. The second-order valence-electron chi connectivity index (χ2n) is 6.82. The molecule has 1 aromatic heterocycles. The Kier molecular flexibility index (Phi) is 2.87. The minimum absolute atomic E-state index is 0.0277. The molecular formula is C14H22N4O. The topological polar surface area (TPSA) is 59.8 Å². The summed E-state index contributed by atoms with van der Waals surface area (Å²) in [5, 5.41) is 11.7. The maximum absolute atomic E-state index is 12.2. The van der Waals surface area contributed by atoms with E-state index >= 15 is 0 Å². The largest absolute Gasteiger partial charge is 0.353 e. The number of hydrogen-bond acceptors (Lipinski definition) is 3. The summed E-state index contributed by atoms with van der Waals surface area (Å²) < 4.78 is 2.15. The molecule has 1 amide bonds. The summed E-state index contributed by atoms with van der Waals surface area (Å²) in [6.07, 6.45) is 4.03. The number of amides is 1. The van der Waals surface area contributed by atoms with Gasteiger partial charge in [-0.2, -0.15) is 0 Å². The number of carbonyl (C=O) groups is 1. The summed E-state index contributed by atoms with van der Waals surface area (Å²) in [6, 6.07) is 0.442. The highest BCUT2D eigenvalue weighted by Gasteiger charge is 2.33. The van der Waals surface area contributed by atoms with Gasteiger partial charge in [-0.25, -0.2) is 0 Å². The molecule has 1 aliphatic heterocycles. The van der Waals surface area contributed by atoms with E-state index in [0.29, 0.717) is 6.04 Å². The molecule has 0 spiro atoms. The maximum atomic E-state index is 12.2. The molecule has 5 heteroatoms. The molecule has 104 valence electrons. The van der Waals surface area contributed by atoms with Gasteiger partial charge in [-0.05, 0) is 19.3 Å². The Bertz CT molecular complexity index is 496. The fourth-order valence-corrected chi connectivity index (χ4v) is 2.64. The molecule has 5 nitrogen and oxygen atoms in total. The second kappa shape index (κ2) is 4.32. The molecule has 0 aromatic carbocycles. The number of carbonyl (C=O) groups excluding carboxylic acids is 1. The highest BCUT2D eigenvalue weighted by atomic mass is 16.2. The van der Waals surface area contributed by atoms with Gasteiger partial charge in [-0.1, -0.05) is 20.8 Å². The van der Waals surface area contributed by atoms with Crippen LogP contribution in [0.15, 0.2) is 0 Å². The van der Waals surface area contributed by atoms with Gasteiger partial charge in [0, 0.05) is 24.4 Å². The lowest BCUT2D eigenvalue weighted by Gasteiger charge is -2.26. The minimum Gasteiger partial charge on any atom is -0.353 e. The first-order valence-corrected chi connectivity index (χ1v) is 7.18. The van der Waals surface area contributed by atoms with Gasteiger partial charge in [0.15, 0.2) is 0 Å². The Morgan fingerprint density at radius 1 is 1.26 bits per heavy atom. The van der Waals surface area contributed by atoms with Crippen LogP contribution in [0.2, 0.25) is 0 Å². The van der Waals surface area contributed by atoms with Crippen molar-refractivity contribution in [2.24, 2.45) is 5.92 Å². The summed E-state index contributed by atoms with van der Waals surface area (Å²) in [5.41, 5.74) is -0.0277. The molecule has 2 aliphatic rings. The van der Waals surface area contributed by atoms with Gasteiger partial charge < -0.3 is 9.88 Å². The van der Waals surface area contributed by atoms with Crippen LogP contribution in [0.25, 0.3) is 0 Å². The van der Waals surface area contributed by atoms with Crippen molar-refractivity contribution >= 4 is 5.91 Å². The molecule has 0 radical (unpaired) electrons. The normalized spacial score (nSPS) is 23.0. The van der Waals surface area contributed by atoms with Crippen molar-refractivity contribution in [2.75, 3.05) is 0 Å². The smallest absolute Gasteiger partial charge is 0.225 e. The van der Waals surface area contributed by atoms with Gasteiger partial charge in [-0.15, -0.1) is 10.2 Å². The van der Waals surface area contributed by atoms with Crippen molar-refractivity contribution < 1.29 is 4.79 Å². The Morgan fingerprint density at radius 2 is 2.00 bits per heavy atom. The number of fused-ring (bicyclic) bond motifs is 1. The number of aryl methyl sites for hydroxylation is 1. The molecule has 1 saturated carbocycles. The summed E-state index contributed by atoms with van der Waals surface area (Å²) in [4.78, 5) is 12.2. The molecule has 1 N–H and O–H groups in total. The Morgan fingerprint density at radius 3 is 2.63 bits per heavy atom. The van der Waals surface area contributed by atoms with E-state index in [0.717, 1.165) is 43.9 Å². The van der Waals surface area contributed by atoms with Crippen LogP contribution in [0.3, 0.4) is 0 Å². The van der Waals surface area contributed by atoms with Crippen LogP contribution < -0.4 is 5.32 Å². The van der Waals surface area contributed by atoms with Gasteiger partial charge >= 0.3 is 0 Å². The maximum Gasteiger partial charge on any atom is 0.225 e. The number of nitrogens with one attached hydrogen (secondary N) is 1. The lowest BCUT2D eigenvalue weighted by Crippen LogP contribution is -2.38. The van der Waals surface area contributed by atoms with Crippen molar-refractivity contribution in [3.8, 4) is 0 Å². The molecule has 1 aliphatic carbocycles. The highest BCUT2D eigenvalue weighted by Crippen LogP contribution is 2.27. The van der Waals surface area contributed by atoms with Crippen LogP contribution in [0.4, 0.5) is 0 Å². The van der Waals surface area contributed by atoms with E-state index < -0.39 is 0 Å². The van der Waals surface area contributed by atoms with E-state index in [-0.39, 0.29) is 17.2 Å². The summed E-state index contributed by atoms with van der Waals surface area (Å²) in [6.45, 7) is 7.14. The minimum atomic E-state index is -0.0277. The van der Waals surface area contributed by atoms with Crippen LogP contribution in [0, 0.1) is 5.92 Å². The Labute approximate surface area is 113 Å². The van der Waals surface area contributed by atoms with Crippen molar-refractivity contribution in [1.82, 2.24) is 20.1 Å². The van der Waals surface area contributed by atoms with Gasteiger partial charge in [0.1, 0.15) is 11.6 Å². The first kappa shape index (κ1) is 12.6. The highest BCUT2D eigenvalue weighted by molar-refractivity contribution is 5.79. The third kappa shape index (κ3) is 2.51. The summed E-state index contributed by atoms with van der Waals surface area (Å²) in [5.74, 6) is 2.30. The van der Waals surface area contributed by atoms with Gasteiger partial charge in [0.25, 0.3) is 0 Å². The number of hydrogen-bond donors (Lipinski definition) is 1. The fourth-order valence-electron chi connectivity index (χ4n) is 2.64. The molecule has 1 unspecified atom stereocenters. The number of rotatable bonds is 2. The molecule has 3 rings (SSSR count). The van der Waals surface area contributed by atoms with Crippen LogP contribution >= 0.6 is 0 Å². The Balaban J connectivity index is 1.78. The number of nitrogens with zero attached hydrogens (tertiary/aromatic N) is 3. The van der Waals surface area contributed by atoms with Crippen molar-refractivity contribution in [1.29, 1.82) is 0 Å². The quantitative estimate of drug-likeness (QED) is 0.877. The van der Waals surface area contributed by atoms with Crippen LogP contribution in [0.5, 0.6) is 0 Å². The van der Waals surface area contributed by atoms with Crippen LogP contribution in [-0.4, -0.2) is 26.7 Å². The molecule has 2 heterocycles. The zero-order chi connectivity index (χ0) is 13.6. The zero-order valence-corrected chi connectivity index (χ0v) is 11.9. The fraction of sp³-hybridized carbons (Fsp3) is 0.786. The second-order valence-corrected chi connectivity index (χ2v) is 6.82. The third-order valence-corrected chi connectivity index (χ3v) is 3.91.